The lowest BCUT2D eigenvalue weighted by atomic mass is 10.3. The minimum atomic E-state index is -4.70. The molecule has 2 rings (SSSR count). The van der Waals surface area contributed by atoms with Crippen molar-refractivity contribution in [3.8, 4) is 5.75 Å². The minimum Gasteiger partial charge on any atom is -0.435 e. The highest BCUT2D eigenvalue weighted by Gasteiger charge is 2.34. The van der Waals surface area contributed by atoms with Crippen LogP contribution in [0.3, 0.4) is 0 Å². The first-order valence-electron chi connectivity index (χ1n) is 7.33. The molecule has 0 amide bonds. The van der Waals surface area contributed by atoms with E-state index < -0.39 is 24.5 Å². The van der Waals surface area contributed by atoms with Crippen LogP contribution in [0, 0.1) is 0 Å². The lowest BCUT2D eigenvalue weighted by Gasteiger charge is -2.15. The predicted octanol–water partition coefficient (Wildman–Crippen LogP) is 3.63. The van der Waals surface area contributed by atoms with Gasteiger partial charge in [0.1, 0.15) is 11.6 Å². The molecule has 1 heterocycles. The molecule has 0 radical (unpaired) electrons. The lowest BCUT2D eigenvalue weighted by molar-refractivity contribution is -0.141. The van der Waals surface area contributed by atoms with Gasteiger partial charge in [0.2, 0.25) is 5.95 Å². The smallest absolute Gasteiger partial charge is 0.433 e. The first-order valence-corrected chi connectivity index (χ1v) is 7.33. The molecule has 0 aliphatic carbocycles. The van der Waals surface area contributed by atoms with Crippen LogP contribution in [0.15, 0.2) is 30.3 Å². The first kappa shape index (κ1) is 19.6. The van der Waals surface area contributed by atoms with Gasteiger partial charge in [-0.1, -0.05) is 0 Å². The number of aromatic nitrogens is 2. The molecule has 0 bridgehead atoms. The van der Waals surface area contributed by atoms with Crippen molar-refractivity contribution >= 4 is 17.5 Å². The maximum absolute atomic E-state index is 13.0. The molecule has 1 atom stereocenters. The van der Waals surface area contributed by atoms with Gasteiger partial charge >= 0.3 is 12.8 Å². The normalized spacial score (nSPS) is 12.8. The average Bonchev–Trinajstić information content (AvgIpc) is 2.55. The van der Waals surface area contributed by atoms with Gasteiger partial charge in [0.15, 0.2) is 5.69 Å². The van der Waals surface area contributed by atoms with Crippen molar-refractivity contribution < 1.29 is 31.8 Å². The number of hydrogen-bond acceptors (Lipinski definition) is 6. The van der Waals surface area contributed by atoms with E-state index >= 15 is 0 Å². The fourth-order valence-corrected chi connectivity index (χ4v) is 1.85. The molecule has 2 aromatic rings. The van der Waals surface area contributed by atoms with E-state index in [-0.39, 0.29) is 24.1 Å². The van der Waals surface area contributed by atoms with Gasteiger partial charge in [-0.05, 0) is 31.2 Å². The number of benzene rings is 1. The Morgan fingerprint density at radius 3 is 2.35 bits per heavy atom. The monoisotopic (exact) mass is 378 g/mol. The number of rotatable bonds is 7. The third kappa shape index (κ3) is 5.69. The molecule has 1 aromatic heterocycles. The summed E-state index contributed by atoms with van der Waals surface area (Å²) < 4.78 is 67.4. The first-order chi connectivity index (χ1) is 12.2. The standard InChI is InChI=1S/C15H15F5N4O2/c1-8(7-25)21-14-23-11(15(18,19)20)6-12(24-14)22-9-2-4-10(5-3-9)26-13(16)17/h2-6,8,13,25H,7H2,1H3,(H2,21,22,23,24)/t8-/m1/s1. The largest absolute Gasteiger partial charge is 0.435 e. The van der Waals surface area contributed by atoms with Gasteiger partial charge in [-0.25, -0.2) is 4.98 Å². The highest BCUT2D eigenvalue weighted by Crippen LogP contribution is 2.30. The zero-order chi connectivity index (χ0) is 19.3. The highest BCUT2D eigenvalue weighted by atomic mass is 19.4. The fourth-order valence-electron chi connectivity index (χ4n) is 1.85. The van der Waals surface area contributed by atoms with Crippen LogP contribution in [0.5, 0.6) is 5.75 Å². The number of hydrogen-bond donors (Lipinski definition) is 3. The van der Waals surface area contributed by atoms with Crippen LogP contribution in [-0.2, 0) is 6.18 Å². The SMILES string of the molecule is C[C@H](CO)Nc1nc(Nc2ccc(OC(F)F)cc2)cc(C(F)(F)F)n1. The van der Waals surface area contributed by atoms with Crippen molar-refractivity contribution in [1.82, 2.24) is 9.97 Å². The summed E-state index contributed by atoms with van der Waals surface area (Å²) in [7, 11) is 0. The summed E-state index contributed by atoms with van der Waals surface area (Å²) in [4.78, 5) is 7.28. The summed E-state index contributed by atoms with van der Waals surface area (Å²) in [6.45, 7) is -1.76. The number of anilines is 3. The number of alkyl halides is 5. The van der Waals surface area contributed by atoms with E-state index in [9.17, 15) is 22.0 Å². The zero-order valence-electron chi connectivity index (χ0n) is 13.4. The topological polar surface area (TPSA) is 79.3 Å². The number of aliphatic hydroxyl groups is 1. The van der Waals surface area contributed by atoms with Gasteiger partial charge < -0.3 is 20.5 Å². The highest BCUT2D eigenvalue weighted by molar-refractivity contribution is 5.58. The lowest BCUT2D eigenvalue weighted by Crippen LogP contribution is -2.22. The van der Waals surface area contributed by atoms with Gasteiger partial charge in [-0.15, -0.1) is 0 Å². The van der Waals surface area contributed by atoms with Crippen LogP contribution in [0.25, 0.3) is 0 Å². The molecule has 3 N–H and O–H groups in total. The molecule has 0 aliphatic heterocycles. The van der Waals surface area contributed by atoms with Gasteiger partial charge in [0.25, 0.3) is 0 Å². The molecule has 26 heavy (non-hydrogen) atoms. The Kier molecular flexibility index (Phi) is 6.14. The Labute approximate surface area is 145 Å². The van der Waals surface area contributed by atoms with Crippen LogP contribution < -0.4 is 15.4 Å². The summed E-state index contributed by atoms with van der Waals surface area (Å²) in [6, 6.07) is 5.30. The van der Waals surface area contributed by atoms with E-state index in [0.717, 1.165) is 0 Å². The number of nitrogens with zero attached hydrogens (tertiary/aromatic N) is 2. The Morgan fingerprint density at radius 1 is 1.15 bits per heavy atom. The number of aliphatic hydroxyl groups excluding tert-OH is 1. The molecule has 0 spiro atoms. The summed E-state index contributed by atoms with van der Waals surface area (Å²) in [6.07, 6.45) is -4.70. The molecular weight excluding hydrogens is 363 g/mol. The van der Waals surface area contributed by atoms with Crippen molar-refractivity contribution in [2.45, 2.75) is 25.8 Å². The molecular formula is C15H15F5N4O2. The second-order valence-corrected chi connectivity index (χ2v) is 5.22. The third-order valence-corrected chi connectivity index (χ3v) is 3.02. The van der Waals surface area contributed by atoms with Crippen LogP contribution in [0.4, 0.5) is 39.4 Å². The molecule has 0 unspecified atom stereocenters. The summed E-state index contributed by atoms with van der Waals surface area (Å²) in [5.41, 5.74) is -0.875. The third-order valence-electron chi connectivity index (χ3n) is 3.02. The Bertz CT molecular complexity index is 725. The van der Waals surface area contributed by atoms with Gasteiger partial charge in [0, 0.05) is 17.8 Å². The zero-order valence-corrected chi connectivity index (χ0v) is 13.4. The van der Waals surface area contributed by atoms with E-state index in [1.165, 1.54) is 24.3 Å². The second kappa shape index (κ2) is 8.13. The summed E-state index contributed by atoms with van der Waals surface area (Å²) >= 11 is 0. The maximum atomic E-state index is 13.0. The second-order valence-electron chi connectivity index (χ2n) is 5.22. The molecule has 0 aliphatic rings. The van der Waals surface area contributed by atoms with Gasteiger partial charge in [0.05, 0.1) is 6.61 Å². The van der Waals surface area contributed by atoms with Gasteiger partial charge in [-0.3, -0.25) is 0 Å². The van der Waals surface area contributed by atoms with E-state index in [4.69, 9.17) is 5.11 Å². The quantitative estimate of drug-likeness (QED) is 0.639. The number of halogens is 5. The molecule has 0 saturated carbocycles. The molecule has 11 heteroatoms. The van der Waals surface area contributed by atoms with E-state index in [1.54, 1.807) is 6.92 Å². The molecule has 1 aromatic carbocycles. The number of ether oxygens (including phenoxy) is 1. The summed E-state index contributed by atoms with van der Waals surface area (Å²) in [5, 5.41) is 14.2. The summed E-state index contributed by atoms with van der Waals surface area (Å²) in [5.74, 6) is -0.577. The van der Waals surface area contributed by atoms with Crippen molar-refractivity contribution in [2.24, 2.45) is 0 Å². The maximum Gasteiger partial charge on any atom is 0.433 e. The van der Waals surface area contributed by atoms with Crippen LogP contribution in [-0.4, -0.2) is 34.3 Å². The molecule has 142 valence electrons. The van der Waals surface area contributed by atoms with E-state index in [1.807, 2.05) is 0 Å². The van der Waals surface area contributed by atoms with Crippen LogP contribution in [0.1, 0.15) is 12.6 Å². The van der Waals surface area contributed by atoms with Crippen molar-refractivity contribution in [3.05, 3.63) is 36.0 Å². The van der Waals surface area contributed by atoms with Gasteiger partial charge in [-0.2, -0.15) is 26.9 Å². The molecule has 0 fully saturated rings. The molecule has 0 saturated heterocycles. The number of nitrogens with one attached hydrogen (secondary N) is 2. The van der Waals surface area contributed by atoms with Crippen molar-refractivity contribution in [3.63, 3.8) is 0 Å². The molecule has 6 nitrogen and oxygen atoms in total. The Morgan fingerprint density at radius 2 is 1.81 bits per heavy atom. The Balaban J connectivity index is 2.25. The predicted molar refractivity (Wildman–Crippen MR) is 83.6 cm³/mol. The van der Waals surface area contributed by atoms with Crippen LogP contribution in [0.2, 0.25) is 0 Å². The minimum absolute atomic E-state index is 0.0941. The van der Waals surface area contributed by atoms with E-state index in [0.29, 0.717) is 11.8 Å². The van der Waals surface area contributed by atoms with Crippen molar-refractivity contribution in [2.75, 3.05) is 17.2 Å². The van der Waals surface area contributed by atoms with Crippen LogP contribution >= 0.6 is 0 Å². The average molecular weight is 378 g/mol. The van der Waals surface area contributed by atoms with Crippen molar-refractivity contribution in [1.29, 1.82) is 0 Å². The fraction of sp³-hybridized carbons (Fsp3) is 0.333. The Hall–Kier alpha value is -2.69. The van der Waals surface area contributed by atoms with E-state index in [2.05, 4.69) is 25.3 Å².